The third kappa shape index (κ3) is 3.41. The molecule has 2 fully saturated rings. The van der Waals surface area contributed by atoms with Crippen molar-refractivity contribution in [1.29, 1.82) is 0 Å². The molecule has 2 rings (SSSR count). The van der Waals surface area contributed by atoms with Crippen LogP contribution in [0.4, 0.5) is 0 Å². The summed E-state index contributed by atoms with van der Waals surface area (Å²) in [5.74, 6) is 0. The molecule has 0 aromatic rings. The summed E-state index contributed by atoms with van der Waals surface area (Å²) in [4.78, 5) is 0. The van der Waals surface area contributed by atoms with E-state index in [2.05, 4.69) is 0 Å². The van der Waals surface area contributed by atoms with Crippen molar-refractivity contribution in [2.45, 2.75) is 55.1 Å². The van der Waals surface area contributed by atoms with E-state index in [-0.39, 0.29) is 0 Å². The lowest BCUT2D eigenvalue weighted by Crippen LogP contribution is -2.61. The molecule has 0 aromatic heterocycles. The molecule has 7 N–H and O–H groups in total. The highest BCUT2D eigenvalue weighted by atomic mass is 16.7. The van der Waals surface area contributed by atoms with Gasteiger partial charge < -0.3 is 50.0 Å². The summed E-state index contributed by atoms with van der Waals surface area (Å²) >= 11 is 0. The second-order valence-corrected chi connectivity index (χ2v) is 5.27. The summed E-state index contributed by atoms with van der Waals surface area (Å²) in [6, 6.07) is 0. The van der Waals surface area contributed by atoms with E-state index < -0.39 is 68.3 Å². The fraction of sp³-hybridized carbons (Fsp3) is 0.917. The van der Waals surface area contributed by atoms with Gasteiger partial charge in [0.05, 0.1) is 13.2 Å². The highest BCUT2D eigenvalue weighted by Crippen LogP contribution is 2.27. The number of ether oxygens (including phenoxy) is 3. The number of hydrogen-bond donors (Lipinski definition) is 7. The van der Waals surface area contributed by atoms with Crippen LogP contribution in [0.3, 0.4) is 0 Å². The Hall–Kier alpha value is -0.400. The van der Waals surface area contributed by atoms with Crippen LogP contribution in [-0.2, 0) is 14.2 Å². The fourth-order valence-corrected chi connectivity index (χ4v) is 2.35. The molecule has 0 aromatic carbocycles. The molecule has 0 aliphatic carbocycles. The van der Waals surface area contributed by atoms with E-state index in [9.17, 15) is 25.5 Å². The molecular formula is C12H21O10. The zero-order chi connectivity index (χ0) is 16.4. The van der Waals surface area contributed by atoms with Crippen LogP contribution in [-0.4, -0.2) is 104 Å². The molecule has 0 bridgehead atoms. The number of aliphatic hydroxyl groups excluding tert-OH is 7. The van der Waals surface area contributed by atoms with Gasteiger partial charge in [0.15, 0.2) is 6.29 Å². The summed E-state index contributed by atoms with van der Waals surface area (Å²) in [6.07, 6.45) is -12.5. The third-order valence-corrected chi connectivity index (χ3v) is 3.77. The minimum Gasteiger partial charge on any atom is -0.394 e. The minimum absolute atomic E-state index is 0.512. The van der Waals surface area contributed by atoms with Gasteiger partial charge in [-0.05, 0) is 0 Å². The van der Waals surface area contributed by atoms with Crippen molar-refractivity contribution < 1.29 is 50.0 Å². The van der Waals surface area contributed by atoms with Crippen LogP contribution in [0, 0.1) is 6.61 Å². The van der Waals surface area contributed by atoms with Crippen LogP contribution >= 0.6 is 0 Å². The molecule has 1 radical (unpaired) electrons. The lowest BCUT2D eigenvalue weighted by atomic mass is 9.98. The topological polar surface area (TPSA) is 169 Å². The summed E-state index contributed by atoms with van der Waals surface area (Å²) in [5, 5.41) is 66.7. The molecule has 9 atom stereocenters. The Morgan fingerprint density at radius 3 is 1.95 bits per heavy atom. The van der Waals surface area contributed by atoms with Crippen LogP contribution < -0.4 is 0 Å². The van der Waals surface area contributed by atoms with Gasteiger partial charge in [0.25, 0.3) is 0 Å². The summed E-state index contributed by atoms with van der Waals surface area (Å²) in [7, 11) is 0. The van der Waals surface area contributed by atoms with Gasteiger partial charge in [0.1, 0.15) is 55.4 Å². The second kappa shape index (κ2) is 7.45. The van der Waals surface area contributed by atoms with Gasteiger partial charge in [-0.25, -0.2) is 0 Å². The SMILES string of the molecule is OCC1O[CH]C(OC2OC(CO)C(O)C(O)C2O)C(O)C1O. The van der Waals surface area contributed by atoms with Gasteiger partial charge in [0.2, 0.25) is 0 Å². The molecule has 9 unspecified atom stereocenters. The first-order valence-electron chi connectivity index (χ1n) is 6.82. The van der Waals surface area contributed by atoms with Gasteiger partial charge in [-0.3, -0.25) is 0 Å². The first-order valence-corrected chi connectivity index (χ1v) is 6.82. The average Bonchev–Trinajstić information content (AvgIpc) is 2.52. The van der Waals surface area contributed by atoms with Crippen molar-refractivity contribution in [3.63, 3.8) is 0 Å². The van der Waals surface area contributed by atoms with Crippen LogP contribution in [0.1, 0.15) is 0 Å². The zero-order valence-electron chi connectivity index (χ0n) is 11.5. The molecule has 0 spiro atoms. The lowest BCUT2D eigenvalue weighted by Gasteiger charge is -2.43. The van der Waals surface area contributed by atoms with E-state index in [0.717, 1.165) is 6.61 Å². The standard InChI is InChI=1S/C12H21O10/c13-1-4-7(15)9(17)6(3-20-4)22-12-11(19)10(18)8(16)5(2-14)21-12/h3-19H,1-2H2. The molecule has 0 saturated carbocycles. The van der Waals surface area contributed by atoms with E-state index in [1.807, 2.05) is 0 Å². The van der Waals surface area contributed by atoms with Crippen molar-refractivity contribution in [1.82, 2.24) is 0 Å². The Bertz CT molecular complexity index is 353. The van der Waals surface area contributed by atoms with E-state index >= 15 is 0 Å². The normalized spacial score (nSPS) is 50.0. The Labute approximate surface area is 126 Å². The van der Waals surface area contributed by atoms with Crippen molar-refractivity contribution in [2.24, 2.45) is 0 Å². The second-order valence-electron chi connectivity index (χ2n) is 5.27. The Balaban J connectivity index is 2.00. The van der Waals surface area contributed by atoms with Gasteiger partial charge in [0, 0.05) is 0 Å². The highest BCUT2D eigenvalue weighted by molar-refractivity contribution is 4.95. The van der Waals surface area contributed by atoms with Crippen LogP contribution in [0.2, 0.25) is 0 Å². The Kier molecular flexibility index (Phi) is 6.07. The number of hydrogen-bond acceptors (Lipinski definition) is 10. The molecule has 10 heteroatoms. The lowest BCUT2D eigenvalue weighted by molar-refractivity contribution is -0.325. The monoisotopic (exact) mass is 325 g/mol. The van der Waals surface area contributed by atoms with E-state index in [0.29, 0.717) is 0 Å². The quantitative estimate of drug-likeness (QED) is 0.267. The molecular weight excluding hydrogens is 304 g/mol. The predicted octanol–water partition coefficient (Wildman–Crippen LogP) is -4.55. The van der Waals surface area contributed by atoms with Gasteiger partial charge in [-0.2, -0.15) is 0 Å². The first-order chi connectivity index (χ1) is 10.4. The molecule has 2 heterocycles. The van der Waals surface area contributed by atoms with Crippen molar-refractivity contribution in [2.75, 3.05) is 13.2 Å². The van der Waals surface area contributed by atoms with E-state index in [1.54, 1.807) is 0 Å². The van der Waals surface area contributed by atoms with E-state index in [1.165, 1.54) is 0 Å². The summed E-state index contributed by atoms with van der Waals surface area (Å²) in [5.41, 5.74) is 0. The Morgan fingerprint density at radius 2 is 1.36 bits per heavy atom. The molecule has 10 nitrogen and oxygen atoms in total. The van der Waals surface area contributed by atoms with Gasteiger partial charge >= 0.3 is 0 Å². The minimum atomic E-state index is -1.63. The van der Waals surface area contributed by atoms with Gasteiger partial charge in [-0.1, -0.05) is 0 Å². The Morgan fingerprint density at radius 1 is 0.773 bits per heavy atom. The summed E-state index contributed by atoms with van der Waals surface area (Å²) in [6.45, 7) is -0.103. The molecule has 129 valence electrons. The van der Waals surface area contributed by atoms with Crippen molar-refractivity contribution >= 4 is 0 Å². The number of rotatable bonds is 4. The summed E-state index contributed by atoms with van der Waals surface area (Å²) < 4.78 is 15.4. The molecule has 22 heavy (non-hydrogen) atoms. The maximum absolute atomic E-state index is 9.90. The molecule has 2 aliphatic rings. The maximum Gasteiger partial charge on any atom is 0.187 e. The van der Waals surface area contributed by atoms with Crippen LogP contribution in [0.5, 0.6) is 0 Å². The fourth-order valence-electron chi connectivity index (χ4n) is 2.35. The van der Waals surface area contributed by atoms with Crippen LogP contribution in [0.15, 0.2) is 0 Å². The highest BCUT2D eigenvalue weighted by Gasteiger charge is 2.47. The maximum atomic E-state index is 9.90. The van der Waals surface area contributed by atoms with Gasteiger partial charge in [-0.15, -0.1) is 0 Å². The third-order valence-electron chi connectivity index (χ3n) is 3.77. The van der Waals surface area contributed by atoms with Crippen molar-refractivity contribution in [3.05, 3.63) is 6.61 Å². The van der Waals surface area contributed by atoms with Crippen LogP contribution in [0.25, 0.3) is 0 Å². The smallest absolute Gasteiger partial charge is 0.187 e. The first kappa shape index (κ1) is 17.9. The predicted molar refractivity (Wildman–Crippen MR) is 66.9 cm³/mol. The molecule has 2 aliphatic heterocycles. The largest absolute Gasteiger partial charge is 0.394 e. The molecule has 2 saturated heterocycles. The number of aliphatic hydroxyl groups is 7. The molecule has 0 amide bonds. The van der Waals surface area contributed by atoms with E-state index in [4.69, 9.17) is 24.4 Å². The van der Waals surface area contributed by atoms with Crippen molar-refractivity contribution in [3.8, 4) is 0 Å². The average molecular weight is 325 g/mol. The zero-order valence-corrected chi connectivity index (χ0v) is 11.5.